The van der Waals surface area contributed by atoms with Crippen LogP contribution in [0.25, 0.3) is 0 Å². The molecule has 0 bridgehead atoms. The second-order valence-electron chi connectivity index (χ2n) is 8.65. The molecule has 0 unspecified atom stereocenters. The molecule has 0 heterocycles. The number of hydrogen-bond donors (Lipinski definition) is 0. The summed E-state index contributed by atoms with van der Waals surface area (Å²) in [7, 11) is 0. The fraction of sp³-hybridized carbons (Fsp3) is 0.870. The van der Waals surface area contributed by atoms with Crippen molar-refractivity contribution in [3.8, 4) is 0 Å². The molecule has 0 aromatic heterocycles. The predicted octanol–water partition coefficient (Wildman–Crippen LogP) is 9.28. The van der Waals surface area contributed by atoms with Crippen molar-refractivity contribution in [2.24, 2.45) is 0 Å². The van der Waals surface area contributed by atoms with Crippen LogP contribution in [0.5, 0.6) is 0 Å². The lowest BCUT2D eigenvalue weighted by Crippen LogP contribution is -2.67. The van der Waals surface area contributed by atoms with Crippen molar-refractivity contribution in [3.05, 3.63) is 12.2 Å². The third-order valence-corrected chi connectivity index (χ3v) is 5.65. The van der Waals surface area contributed by atoms with Crippen LogP contribution in [0.2, 0.25) is 0 Å². The number of carbonyl (C=O) groups is 1. The molecule has 0 aliphatic rings. The van der Waals surface area contributed by atoms with Crippen molar-refractivity contribution in [2.45, 2.75) is 120 Å². The lowest BCUT2D eigenvalue weighted by atomic mass is 9.94. The third-order valence-electron chi connectivity index (χ3n) is 5.65. The lowest BCUT2D eigenvalue weighted by molar-refractivity contribution is -0.417. The number of esters is 1. The van der Waals surface area contributed by atoms with Crippen molar-refractivity contribution in [1.82, 2.24) is 0 Å². The zero-order valence-corrected chi connectivity index (χ0v) is 20.1. The zero-order valence-electron chi connectivity index (χ0n) is 20.1. The van der Waals surface area contributed by atoms with E-state index >= 15 is 0 Å². The van der Waals surface area contributed by atoms with Gasteiger partial charge in [0, 0.05) is 0 Å². The van der Waals surface area contributed by atoms with Crippen LogP contribution in [0.4, 0.5) is 48.3 Å². The van der Waals surface area contributed by atoms with Crippen molar-refractivity contribution >= 4 is 5.97 Å². The van der Waals surface area contributed by atoms with Crippen LogP contribution >= 0.6 is 0 Å². The molecule has 0 rings (SSSR count). The van der Waals surface area contributed by atoms with Gasteiger partial charge in [-0.2, -0.15) is 48.3 Å². The molecule has 0 saturated carbocycles. The van der Waals surface area contributed by atoms with E-state index < -0.39 is 48.0 Å². The maximum Gasteiger partial charge on any atom is 0.460 e. The van der Waals surface area contributed by atoms with Crippen molar-refractivity contribution in [3.63, 3.8) is 0 Å². The van der Waals surface area contributed by atoms with E-state index in [0.29, 0.717) is 12.8 Å². The van der Waals surface area contributed by atoms with E-state index in [9.17, 15) is 53.1 Å². The van der Waals surface area contributed by atoms with Crippen LogP contribution in [0.1, 0.15) is 90.4 Å². The Labute approximate surface area is 203 Å². The minimum absolute atomic E-state index is 0.0979. The van der Waals surface area contributed by atoms with Crippen molar-refractivity contribution in [2.75, 3.05) is 6.61 Å². The minimum Gasteiger partial charge on any atom is -0.462 e. The van der Waals surface area contributed by atoms with Gasteiger partial charge >= 0.3 is 35.8 Å². The summed E-state index contributed by atoms with van der Waals surface area (Å²) in [4.78, 5) is 11.5. The fourth-order valence-electron chi connectivity index (χ4n) is 3.26. The van der Waals surface area contributed by atoms with Gasteiger partial charge in [0.05, 0.1) is 6.61 Å². The Bertz CT molecular complexity index is 673. The largest absolute Gasteiger partial charge is 0.462 e. The number of alkyl halides is 11. The van der Waals surface area contributed by atoms with Gasteiger partial charge < -0.3 is 4.74 Å². The summed E-state index contributed by atoms with van der Waals surface area (Å²) in [5.41, 5.74) is -2.67. The summed E-state index contributed by atoms with van der Waals surface area (Å²) in [6, 6.07) is 0. The van der Waals surface area contributed by atoms with Crippen molar-refractivity contribution in [1.29, 1.82) is 0 Å². The van der Waals surface area contributed by atoms with Crippen LogP contribution in [0.15, 0.2) is 12.2 Å². The van der Waals surface area contributed by atoms with Crippen LogP contribution in [-0.2, 0) is 9.53 Å². The number of halogens is 11. The lowest BCUT2D eigenvalue weighted by Gasteiger charge is -2.37. The molecule has 36 heavy (non-hydrogen) atoms. The minimum atomic E-state index is -7.60. The van der Waals surface area contributed by atoms with E-state index in [1.807, 2.05) is 0 Å². The number of rotatable bonds is 19. The van der Waals surface area contributed by atoms with Crippen LogP contribution in [-0.4, -0.2) is 42.4 Å². The molecule has 0 spiro atoms. The Hall–Kier alpha value is -1.56. The molecular weight excluding hydrogens is 517 g/mol. The molecular formula is C23H33F11O2. The Morgan fingerprint density at radius 1 is 0.583 bits per heavy atom. The Kier molecular flexibility index (Phi) is 13.8. The normalized spacial score (nSPS) is 13.7. The van der Waals surface area contributed by atoms with E-state index in [-0.39, 0.29) is 6.42 Å². The highest BCUT2D eigenvalue weighted by atomic mass is 19.4. The maximum atomic E-state index is 13.8. The fourth-order valence-corrected chi connectivity index (χ4v) is 3.26. The molecule has 0 saturated heterocycles. The van der Waals surface area contributed by atoms with Gasteiger partial charge in [0.25, 0.3) is 0 Å². The number of hydrogen-bond acceptors (Lipinski definition) is 2. The summed E-state index contributed by atoms with van der Waals surface area (Å²) in [6.07, 6.45) is 5.07. The van der Waals surface area contributed by atoms with E-state index in [2.05, 4.69) is 18.2 Å². The molecule has 0 radical (unpaired) electrons. The summed E-state index contributed by atoms with van der Waals surface area (Å²) >= 11 is 0. The van der Waals surface area contributed by atoms with Crippen LogP contribution in [0, 0.1) is 0 Å². The Morgan fingerprint density at radius 2 is 0.944 bits per heavy atom. The monoisotopic (exact) mass is 550 g/mol. The van der Waals surface area contributed by atoms with Gasteiger partial charge in [-0.15, -0.1) is 0 Å². The van der Waals surface area contributed by atoms with Gasteiger partial charge in [-0.25, -0.2) is 4.79 Å². The number of carbonyl (C=O) groups excluding carboxylic acids is 1. The second kappa shape index (κ2) is 14.4. The molecule has 0 aliphatic heterocycles. The van der Waals surface area contributed by atoms with Gasteiger partial charge in [0.15, 0.2) is 0 Å². The van der Waals surface area contributed by atoms with E-state index in [0.717, 1.165) is 32.1 Å². The summed E-state index contributed by atoms with van der Waals surface area (Å²) in [5, 5.41) is 0. The molecule has 0 N–H and O–H groups in total. The molecule has 0 aromatic carbocycles. The zero-order chi connectivity index (χ0) is 28.3. The standard InChI is InChI=1S/C23H33F11O2/c1-3-4-5-6-7-8-9-10-11-12-13-14-15-16-36-18(35)17(2)19(24,25)20(26,27)21(28,29)22(30,31)23(32,33)34/h2-16H2,1H3. The SMILES string of the molecule is C=C(C(=O)OCCCCCCCCCCCCCCC)C(F)(F)C(F)(F)C(F)(F)C(F)(F)C(F)(F)F. The average Bonchev–Trinajstić information content (AvgIpc) is 2.77. The Balaban J connectivity index is 4.48. The molecule has 2 nitrogen and oxygen atoms in total. The summed E-state index contributed by atoms with van der Waals surface area (Å²) in [5.74, 6) is -31.2. The number of unbranched alkanes of at least 4 members (excludes halogenated alkanes) is 12. The number of ether oxygens (including phenoxy) is 1. The van der Waals surface area contributed by atoms with Crippen LogP contribution in [0.3, 0.4) is 0 Å². The second-order valence-corrected chi connectivity index (χ2v) is 8.65. The van der Waals surface area contributed by atoms with E-state index in [1.165, 1.54) is 32.1 Å². The maximum absolute atomic E-state index is 13.8. The molecule has 214 valence electrons. The van der Waals surface area contributed by atoms with Gasteiger partial charge in [-0.05, 0) is 6.42 Å². The molecule has 0 aliphatic carbocycles. The first-order valence-electron chi connectivity index (χ1n) is 11.8. The topological polar surface area (TPSA) is 26.3 Å². The smallest absolute Gasteiger partial charge is 0.460 e. The highest BCUT2D eigenvalue weighted by Crippen LogP contribution is 2.58. The van der Waals surface area contributed by atoms with Gasteiger partial charge in [0.1, 0.15) is 5.57 Å². The quantitative estimate of drug-likeness (QED) is 0.0694. The molecule has 0 fully saturated rings. The van der Waals surface area contributed by atoms with E-state index in [4.69, 9.17) is 0 Å². The first kappa shape index (κ1) is 34.4. The molecule has 0 amide bonds. The molecule has 0 aromatic rings. The van der Waals surface area contributed by atoms with Gasteiger partial charge in [-0.3, -0.25) is 0 Å². The van der Waals surface area contributed by atoms with Gasteiger partial charge in [0.2, 0.25) is 0 Å². The molecule has 0 atom stereocenters. The highest BCUT2D eigenvalue weighted by Gasteiger charge is 2.87. The summed E-state index contributed by atoms with van der Waals surface area (Å²) in [6.45, 7) is 3.72. The van der Waals surface area contributed by atoms with Crippen molar-refractivity contribution < 1.29 is 57.8 Å². The predicted molar refractivity (Wildman–Crippen MR) is 112 cm³/mol. The van der Waals surface area contributed by atoms with Crippen LogP contribution < -0.4 is 0 Å². The summed E-state index contributed by atoms with van der Waals surface area (Å²) < 4.78 is 148. The average molecular weight is 550 g/mol. The Morgan fingerprint density at radius 3 is 1.31 bits per heavy atom. The molecule has 13 heteroatoms. The van der Waals surface area contributed by atoms with Gasteiger partial charge in [-0.1, -0.05) is 90.6 Å². The van der Waals surface area contributed by atoms with E-state index in [1.54, 1.807) is 0 Å². The first-order chi connectivity index (χ1) is 16.4. The first-order valence-corrected chi connectivity index (χ1v) is 11.8. The third kappa shape index (κ3) is 8.78. The highest BCUT2D eigenvalue weighted by molar-refractivity contribution is 5.90.